The molecule has 0 heterocycles. The van der Waals surface area contributed by atoms with E-state index in [1.54, 1.807) is 0 Å². The van der Waals surface area contributed by atoms with Crippen LogP contribution in [0.5, 0.6) is 0 Å². The van der Waals surface area contributed by atoms with Crippen LogP contribution in [-0.2, 0) is 11.2 Å². The quantitative estimate of drug-likeness (QED) is 0.776. The lowest BCUT2D eigenvalue weighted by molar-refractivity contribution is -0.137. The summed E-state index contributed by atoms with van der Waals surface area (Å²) in [7, 11) is 0. The van der Waals surface area contributed by atoms with Crippen molar-refractivity contribution in [3.05, 3.63) is 35.9 Å². The van der Waals surface area contributed by atoms with Crippen LogP contribution in [0.3, 0.4) is 0 Å². The van der Waals surface area contributed by atoms with Crippen LogP contribution in [0.2, 0.25) is 0 Å². The molecule has 0 aliphatic rings. The largest absolute Gasteiger partial charge is 0.481 e. The van der Waals surface area contributed by atoms with Gasteiger partial charge in [-0.15, -0.1) is 0 Å². The highest BCUT2D eigenvalue weighted by Gasteiger charge is 2.04. The van der Waals surface area contributed by atoms with Gasteiger partial charge in [-0.2, -0.15) is 0 Å². The molecule has 0 aliphatic heterocycles. The van der Waals surface area contributed by atoms with Gasteiger partial charge in [0.05, 0.1) is 0 Å². The molecule has 0 spiro atoms. The Hall–Kier alpha value is -1.31. The molecule has 0 amide bonds. The minimum Gasteiger partial charge on any atom is -0.481 e. The van der Waals surface area contributed by atoms with Gasteiger partial charge in [-0.05, 0) is 30.7 Å². The van der Waals surface area contributed by atoms with E-state index in [1.165, 1.54) is 5.56 Å². The van der Waals surface area contributed by atoms with Crippen molar-refractivity contribution < 1.29 is 9.90 Å². The molecule has 0 fully saturated rings. The Morgan fingerprint density at radius 2 is 2.00 bits per heavy atom. The number of carboxylic acid groups (broad SMARTS) is 1. The van der Waals surface area contributed by atoms with Crippen molar-refractivity contribution in [2.24, 2.45) is 5.92 Å². The summed E-state index contributed by atoms with van der Waals surface area (Å²) in [6, 6.07) is 10.3. The van der Waals surface area contributed by atoms with Crippen LogP contribution < -0.4 is 0 Å². The van der Waals surface area contributed by atoms with Crippen molar-refractivity contribution in [1.82, 2.24) is 0 Å². The zero-order chi connectivity index (χ0) is 11.1. The predicted octanol–water partition coefficient (Wildman–Crippen LogP) is 3.12. The molecule has 1 aromatic rings. The Bertz CT molecular complexity index is 293. The first-order valence-electron chi connectivity index (χ1n) is 5.44. The Labute approximate surface area is 90.9 Å². The lowest BCUT2D eigenvalue weighted by atomic mass is 9.96. The number of benzene rings is 1. The number of carboxylic acids is 1. The number of hydrogen-bond acceptors (Lipinski definition) is 1. The van der Waals surface area contributed by atoms with Crippen LogP contribution in [-0.4, -0.2) is 11.1 Å². The highest BCUT2D eigenvalue weighted by Crippen LogP contribution is 2.14. The molecule has 0 unspecified atom stereocenters. The molecule has 0 bridgehead atoms. The van der Waals surface area contributed by atoms with E-state index >= 15 is 0 Å². The molecule has 1 N–H and O–H groups in total. The van der Waals surface area contributed by atoms with Gasteiger partial charge >= 0.3 is 5.97 Å². The van der Waals surface area contributed by atoms with E-state index in [2.05, 4.69) is 19.1 Å². The number of hydrogen-bond donors (Lipinski definition) is 1. The first-order valence-corrected chi connectivity index (χ1v) is 5.44. The van der Waals surface area contributed by atoms with E-state index in [1.807, 2.05) is 18.2 Å². The fourth-order valence-corrected chi connectivity index (χ4v) is 1.72. The molecule has 82 valence electrons. The first-order chi connectivity index (χ1) is 7.18. The number of aliphatic carboxylic acids is 1. The fourth-order valence-electron chi connectivity index (χ4n) is 1.72. The Morgan fingerprint density at radius 3 is 2.60 bits per heavy atom. The summed E-state index contributed by atoms with van der Waals surface area (Å²) < 4.78 is 0. The molecule has 1 rings (SSSR count). The molecular formula is C13H18O2. The van der Waals surface area contributed by atoms with E-state index in [0.717, 1.165) is 19.3 Å². The SMILES string of the molecule is C[C@@H](CCCC(=O)O)Cc1ccccc1. The second-order valence-electron chi connectivity index (χ2n) is 4.08. The minimum atomic E-state index is -0.693. The normalized spacial score (nSPS) is 12.3. The molecule has 1 atom stereocenters. The van der Waals surface area contributed by atoms with Gasteiger partial charge in [0.1, 0.15) is 0 Å². The summed E-state index contributed by atoms with van der Waals surface area (Å²) in [5.41, 5.74) is 1.33. The zero-order valence-corrected chi connectivity index (χ0v) is 9.15. The van der Waals surface area contributed by atoms with E-state index in [-0.39, 0.29) is 0 Å². The van der Waals surface area contributed by atoms with Gasteiger partial charge in [0.25, 0.3) is 0 Å². The molecule has 2 heteroatoms. The molecule has 0 aromatic heterocycles. The smallest absolute Gasteiger partial charge is 0.303 e. The van der Waals surface area contributed by atoms with Crippen molar-refractivity contribution in [2.45, 2.75) is 32.6 Å². The number of carbonyl (C=O) groups is 1. The van der Waals surface area contributed by atoms with Gasteiger partial charge in [-0.3, -0.25) is 4.79 Å². The van der Waals surface area contributed by atoms with Gasteiger partial charge in [0, 0.05) is 6.42 Å². The maximum absolute atomic E-state index is 10.3. The molecule has 0 aliphatic carbocycles. The summed E-state index contributed by atoms with van der Waals surface area (Å²) in [4.78, 5) is 10.3. The third kappa shape index (κ3) is 5.21. The number of rotatable bonds is 6. The van der Waals surface area contributed by atoms with Crippen molar-refractivity contribution in [3.8, 4) is 0 Å². The molecule has 15 heavy (non-hydrogen) atoms. The van der Waals surface area contributed by atoms with Gasteiger partial charge in [-0.1, -0.05) is 37.3 Å². The third-order valence-electron chi connectivity index (χ3n) is 2.51. The molecule has 1 aromatic carbocycles. The van der Waals surface area contributed by atoms with E-state index in [0.29, 0.717) is 12.3 Å². The zero-order valence-electron chi connectivity index (χ0n) is 9.15. The fraction of sp³-hybridized carbons (Fsp3) is 0.462. The summed E-state index contributed by atoms with van der Waals surface area (Å²) in [5.74, 6) is -0.131. The summed E-state index contributed by atoms with van der Waals surface area (Å²) in [6.07, 6.45) is 3.10. The Balaban J connectivity index is 2.24. The molecule has 0 radical (unpaired) electrons. The minimum absolute atomic E-state index is 0.291. The maximum Gasteiger partial charge on any atom is 0.303 e. The highest BCUT2D eigenvalue weighted by atomic mass is 16.4. The van der Waals surface area contributed by atoms with Crippen LogP contribution in [0, 0.1) is 5.92 Å². The van der Waals surface area contributed by atoms with Crippen LogP contribution in [0.1, 0.15) is 31.7 Å². The molecule has 2 nitrogen and oxygen atoms in total. The molecule has 0 saturated carbocycles. The van der Waals surface area contributed by atoms with Gasteiger partial charge in [0.2, 0.25) is 0 Å². The standard InChI is InChI=1S/C13H18O2/c1-11(6-5-9-13(14)15)10-12-7-3-2-4-8-12/h2-4,7-8,11H,5-6,9-10H2,1H3,(H,14,15)/t11-/m0/s1. The highest BCUT2D eigenvalue weighted by molar-refractivity contribution is 5.66. The average molecular weight is 206 g/mol. The van der Waals surface area contributed by atoms with Crippen LogP contribution >= 0.6 is 0 Å². The van der Waals surface area contributed by atoms with E-state index < -0.39 is 5.97 Å². The Kier molecular flexibility index (Phi) is 4.88. The Morgan fingerprint density at radius 1 is 1.33 bits per heavy atom. The molecule has 0 saturated heterocycles. The molecular weight excluding hydrogens is 188 g/mol. The third-order valence-corrected chi connectivity index (χ3v) is 2.51. The maximum atomic E-state index is 10.3. The summed E-state index contributed by atoms with van der Waals surface area (Å²) >= 11 is 0. The van der Waals surface area contributed by atoms with E-state index in [4.69, 9.17) is 5.11 Å². The first kappa shape index (κ1) is 11.8. The predicted molar refractivity (Wildman–Crippen MR) is 60.8 cm³/mol. The average Bonchev–Trinajstić information content (AvgIpc) is 2.18. The van der Waals surface area contributed by atoms with Crippen molar-refractivity contribution in [3.63, 3.8) is 0 Å². The topological polar surface area (TPSA) is 37.3 Å². The summed E-state index contributed by atoms with van der Waals surface area (Å²) in [5, 5.41) is 8.52. The second kappa shape index (κ2) is 6.23. The van der Waals surface area contributed by atoms with Crippen molar-refractivity contribution in [1.29, 1.82) is 0 Å². The second-order valence-corrected chi connectivity index (χ2v) is 4.08. The van der Waals surface area contributed by atoms with Gasteiger partial charge in [0.15, 0.2) is 0 Å². The summed E-state index contributed by atoms with van der Waals surface area (Å²) in [6.45, 7) is 2.18. The van der Waals surface area contributed by atoms with Crippen LogP contribution in [0.25, 0.3) is 0 Å². The van der Waals surface area contributed by atoms with Gasteiger partial charge < -0.3 is 5.11 Å². The van der Waals surface area contributed by atoms with Crippen molar-refractivity contribution >= 4 is 5.97 Å². The van der Waals surface area contributed by atoms with E-state index in [9.17, 15) is 4.79 Å². The van der Waals surface area contributed by atoms with Crippen LogP contribution in [0.4, 0.5) is 0 Å². The van der Waals surface area contributed by atoms with Crippen molar-refractivity contribution in [2.75, 3.05) is 0 Å². The van der Waals surface area contributed by atoms with Crippen LogP contribution in [0.15, 0.2) is 30.3 Å². The monoisotopic (exact) mass is 206 g/mol. The lowest BCUT2D eigenvalue weighted by Gasteiger charge is -2.10. The lowest BCUT2D eigenvalue weighted by Crippen LogP contribution is -2.02. The van der Waals surface area contributed by atoms with Gasteiger partial charge in [-0.25, -0.2) is 0 Å².